The maximum Gasteiger partial charge on any atom is 0.194 e. The highest BCUT2D eigenvalue weighted by Crippen LogP contribution is 2.13. The summed E-state index contributed by atoms with van der Waals surface area (Å²) in [5.74, 6) is 1.76. The van der Waals surface area contributed by atoms with Gasteiger partial charge in [0, 0.05) is 6.42 Å². The fraction of sp³-hybridized carbons (Fsp3) is 0.667. The Morgan fingerprint density at radius 3 is 3.00 bits per heavy atom. The SMILES string of the molecule is CCCc1ncc(C(C)NC)o1. The van der Waals surface area contributed by atoms with Crippen LogP contribution in [0.3, 0.4) is 0 Å². The highest BCUT2D eigenvalue weighted by molar-refractivity contribution is 4.99. The van der Waals surface area contributed by atoms with Crippen LogP contribution in [0.4, 0.5) is 0 Å². The van der Waals surface area contributed by atoms with Crippen LogP contribution in [0.2, 0.25) is 0 Å². The van der Waals surface area contributed by atoms with Gasteiger partial charge in [-0.15, -0.1) is 0 Å². The van der Waals surface area contributed by atoms with E-state index in [9.17, 15) is 0 Å². The number of rotatable bonds is 4. The van der Waals surface area contributed by atoms with E-state index in [-0.39, 0.29) is 6.04 Å². The first kappa shape index (κ1) is 9.26. The standard InChI is InChI=1S/C9H16N2O/c1-4-5-9-11-6-8(12-9)7(2)10-3/h6-7,10H,4-5H2,1-3H3. The minimum atomic E-state index is 0.253. The van der Waals surface area contributed by atoms with Crippen LogP contribution in [-0.2, 0) is 6.42 Å². The number of aromatic nitrogens is 1. The third kappa shape index (κ3) is 2.08. The molecule has 1 aromatic rings. The van der Waals surface area contributed by atoms with Gasteiger partial charge in [0.1, 0.15) is 5.76 Å². The summed E-state index contributed by atoms with van der Waals surface area (Å²) in [5, 5.41) is 3.10. The topological polar surface area (TPSA) is 38.1 Å². The summed E-state index contributed by atoms with van der Waals surface area (Å²) in [6, 6.07) is 0.253. The van der Waals surface area contributed by atoms with Gasteiger partial charge in [0.15, 0.2) is 5.89 Å². The molecule has 0 aliphatic carbocycles. The van der Waals surface area contributed by atoms with E-state index in [4.69, 9.17) is 4.42 Å². The fourth-order valence-corrected chi connectivity index (χ4v) is 0.996. The molecule has 3 nitrogen and oxygen atoms in total. The van der Waals surface area contributed by atoms with Crippen molar-refractivity contribution in [3.63, 3.8) is 0 Å². The lowest BCUT2D eigenvalue weighted by molar-refractivity contribution is 0.412. The maximum absolute atomic E-state index is 5.50. The molecule has 0 amide bonds. The summed E-state index contributed by atoms with van der Waals surface area (Å²) in [4.78, 5) is 4.17. The van der Waals surface area contributed by atoms with Crippen LogP contribution in [0.1, 0.15) is 38.0 Å². The second-order valence-corrected chi connectivity index (χ2v) is 2.92. The van der Waals surface area contributed by atoms with Crippen molar-refractivity contribution < 1.29 is 4.42 Å². The normalized spacial score (nSPS) is 13.2. The Kier molecular flexibility index (Phi) is 3.29. The third-order valence-electron chi connectivity index (χ3n) is 1.90. The Morgan fingerprint density at radius 2 is 2.42 bits per heavy atom. The van der Waals surface area contributed by atoms with E-state index in [0.29, 0.717) is 0 Å². The maximum atomic E-state index is 5.50. The van der Waals surface area contributed by atoms with Gasteiger partial charge in [0.25, 0.3) is 0 Å². The van der Waals surface area contributed by atoms with Gasteiger partial charge in [-0.25, -0.2) is 4.98 Å². The first-order valence-corrected chi connectivity index (χ1v) is 4.39. The minimum absolute atomic E-state index is 0.253. The van der Waals surface area contributed by atoms with Crippen molar-refractivity contribution in [2.75, 3.05) is 7.05 Å². The van der Waals surface area contributed by atoms with Crippen molar-refractivity contribution in [3.8, 4) is 0 Å². The summed E-state index contributed by atoms with van der Waals surface area (Å²) in [5.41, 5.74) is 0. The minimum Gasteiger partial charge on any atom is -0.444 e. The average molecular weight is 168 g/mol. The lowest BCUT2D eigenvalue weighted by atomic mass is 10.3. The summed E-state index contributed by atoms with van der Waals surface area (Å²) >= 11 is 0. The summed E-state index contributed by atoms with van der Waals surface area (Å²) < 4.78 is 5.50. The molecule has 1 N–H and O–H groups in total. The zero-order valence-electron chi connectivity index (χ0n) is 7.92. The summed E-state index contributed by atoms with van der Waals surface area (Å²) in [7, 11) is 1.91. The summed E-state index contributed by atoms with van der Waals surface area (Å²) in [6.45, 7) is 4.17. The Bertz CT molecular complexity index is 232. The monoisotopic (exact) mass is 168 g/mol. The van der Waals surface area contributed by atoms with E-state index in [2.05, 4.69) is 24.1 Å². The number of hydrogen-bond donors (Lipinski definition) is 1. The molecule has 0 aromatic carbocycles. The third-order valence-corrected chi connectivity index (χ3v) is 1.90. The Labute approximate surface area is 73.2 Å². The van der Waals surface area contributed by atoms with Crippen molar-refractivity contribution >= 4 is 0 Å². The number of nitrogens with zero attached hydrogens (tertiary/aromatic N) is 1. The molecule has 1 unspecified atom stereocenters. The van der Waals surface area contributed by atoms with E-state index in [1.807, 2.05) is 7.05 Å². The van der Waals surface area contributed by atoms with Crippen LogP contribution in [-0.4, -0.2) is 12.0 Å². The van der Waals surface area contributed by atoms with Crippen molar-refractivity contribution in [3.05, 3.63) is 17.8 Å². The lowest BCUT2D eigenvalue weighted by Crippen LogP contribution is -2.11. The number of oxazole rings is 1. The van der Waals surface area contributed by atoms with E-state index >= 15 is 0 Å². The molecule has 0 aliphatic rings. The van der Waals surface area contributed by atoms with Gasteiger partial charge in [0.05, 0.1) is 12.2 Å². The quantitative estimate of drug-likeness (QED) is 0.746. The van der Waals surface area contributed by atoms with Crippen molar-refractivity contribution in [2.45, 2.75) is 32.7 Å². The van der Waals surface area contributed by atoms with Crippen LogP contribution in [0.25, 0.3) is 0 Å². The fourth-order valence-electron chi connectivity index (χ4n) is 0.996. The first-order chi connectivity index (χ1) is 5.77. The van der Waals surface area contributed by atoms with E-state index in [1.54, 1.807) is 6.20 Å². The van der Waals surface area contributed by atoms with Crippen molar-refractivity contribution in [1.29, 1.82) is 0 Å². The smallest absolute Gasteiger partial charge is 0.194 e. The van der Waals surface area contributed by atoms with Crippen molar-refractivity contribution in [2.24, 2.45) is 0 Å². The molecule has 1 aromatic heterocycles. The van der Waals surface area contributed by atoms with Gasteiger partial charge in [0.2, 0.25) is 0 Å². The Hall–Kier alpha value is -0.830. The molecule has 0 radical (unpaired) electrons. The molecule has 1 rings (SSSR count). The van der Waals surface area contributed by atoms with Crippen LogP contribution < -0.4 is 5.32 Å². The molecule has 3 heteroatoms. The second-order valence-electron chi connectivity index (χ2n) is 2.92. The molecular weight excluding hydrogens is 152 g/mol. The van der Waals surface area contributed by atoms with Crippen molar-refractivity contribution in [1.82, 2.24) is 10.3 Å². The molecule has 0 saturated carbocycles. The van der Waals surface area contributed by atoms with E-state index in [0.717, 1.165) is 24.5 Å². The van der Waals surface area contributed by atoms with E-state index < -0.39 is 0 Å². The first-order valence-electron chi connectivity index (χ1n) is 4.39. The summed E-state index contributed by atoms with van der Waals surface area (Å²) in [6.07, 6.45) is 3.80. The van der Waals surface area contributed by atoms with Gasteiger partial charge in [-0.2, -0.15) is 0 Å². The predicted molar refractivity (Wildman–Crippen MR) is 48.0 cm³/mol. The molecule has 0 fully saturated rings. The molecule has 0 aliphatic heterocycles. The highest BCUT2D eigenvalue weighted by Gasteiger charge is 2.08. The number of aryl methyl sites for hydroxylation is 1. The van der Waals surface area contributed by atoms with Crippen LogP contribution >= 0.6 is 0 Å². The van der Waals surface area contributed by atoms with Crippen LogP contribution in [0, 0.1) is 0 Å². The van der Waals surface area contributed by atoms with Crippen LogP contribution in [0.5, 0.6) is 0 Å². The number of hydrogen-bond acceptors (Lipinski definition) is 3. The molecule has 1 atom stereocenters. The molecule has 1 heterocycles. The van der Waals surface area contributed by atoms with Gasteiger partial charge >= 0.3 is 0 Å². The van der Waals surface area contributed by atoms with Gasteiger partial charge < -0.3 is 9.73 Å². The zero-order valence-corrected chi connectivity index (χ0v) is 7.92. The van der Waals surface area contributed by atoms with E-state index in [1.165, 1.54) is 0 Å². The van der Waals surface area contributed by atoms with Gasteiger partial charge in [-0.05, 0) is 20.4 Å². The number of nitrogens with one attached hydrogen (secondary N) is 1. The lowest BCUT2D eigenvalue weighted by Gasteiger charge is -2.03. The molecule has 12 heavy (non-hydrogen) atoms. The Balaban J connectivity index is 2.63. The highest BCUT2D eigenvalue weighted by atomic mass is 16.4. The van der Waals surface area contributed by atoms with Gasteiger partial charge in [-0.3, -0.25) is 0 Å². The molecule has 68 valence electrons. The average Bonchev–Trinajstić information content (AvgIpc) is 2.52. The van der Waals surface area contributed by atoms with Gasteiger partial charge in [-0.1, -0.05) is 6.92 Å². The molecule has 0 spiro atoms. The molecular formula is C9H16N2O. The predicted octanol–water partition coefficient (Wildman–Crippen LogP) is 1.91. The van der Waals surface area contributed by atoms with Crippen LogP contribution in [0.15, 0.2) is 10.6 Å². The Morgan fingerprint density at radius 1 is 1.67 bits per heavy atom. The molecule has 0 bridgehead atoms. The largest absolute Gasteiger partial charge is 0.444 e. The zero-order chi connectivity index (χ0) is 8.97. The second kappa shape index (κ2) is 4.26. The molecule has 0 saturated heterocycles.